The first-order valence-electron chi connectivity index (χ1n) is 7.52. The number of nitrogens with two attached hydrogens (primary N) is 1. The van der Waals surface area contributed by atoms with E-state index in [-0.39, 0.29) is 5.84 Å². The third kappa shape index (κ3) is 5.36. The summed E-state index contributed by atoms with van der Waals surface area (Å²) in [7, 11) is 2.10. The zero-order chi connectivity index (χ0) is 15.1. The van der Waals surface area contributed by atoms with Gasteiger partial charge in [-0.1, -0.05) is 0 Å². The van der Waals surface area contributed by atoms with Gasteiger partial charge < -0.3 is 20.1 Å². The van der Waals surface area contributed by atoms with Gasteiger partial charge in [0.2, 0.25) is 0 Å². The van der Waals surface area contributed by atoms with E-state index in [0.29, 0.717) is 18.3 Å². The van der Waals surface area contributed by atoms with E-state index in [9.17, 15) is 0 Å². The lowest BCUT2D eigenvalue weighted by Gasteiger charge is -2.27. The van der Waals surface area contributed by atoms with Crippen LogP contribution >= 0.6 is 0 Å². The highest BCUT2D eigenvalue weighted by Gasteiger charge is 2.15. The Morgan fingerprint density at radius 1 is 1.38 bits per heavy atom. The van der Waals surface area contributed by atoms with E-state index in [1.54, 1.807) is 12.1 Å². The first-order valence-corrected chi connectivity index (χ1v) is 7.52. The lowest BCUT2D eigenvalue weighted by molar-refractivity contribution is -0.00282. The second-order valence-corrected chi connectivity index (χ2v) is 5.54. The van der Waals surface area contributed by atoms with Crippen LogP contribution in [0, 0.1) is 5.41 Å². The van der Waals surface area contributed by atoms with Crippen LogP contribution in [0.4, 0.5) is 0 Å². The fraction of sp³-hybridized carbons (Fsp3) is 0.562. The molecule has 1 atom stereocenters. The van der Waals surface area contributed by atoms with Crippen LogP contribution in [-0.4, -0.2) is 50.2 Å². The summed E-state index contributed by atoms with van der Waals surface area (Å²) < 4.78 is 11.4. The summed E-state index contributed by atoms with van der Waals surface area (Å²) >= 11 is 0. The van der Waals surface area contributed by atoms with E-state index in [4.69, 9.17) is 20.6 Å². The van der Waals surface area contributed by atoms with E-state index in [2.05, 4.69) is 11.9 Å². The average Bonchev–Trinajstić information content (AvgIpc) is 2.49. The normalized spacial score (nSPS) is 18.7. The van der Waals surface area contributed by atoms with Gasteiger partial charge in [0.05, 0.1) is 6.10 Å². The number of likely N-dealkylation sites (N-methyl/N-ethyl adjacent to an activating group) is 1. The highest BCUT2D eigenvalue weighted by molar-refractivity contribution is 5.94. The molecule has 0 bridgehead atoms. The van der Waals surface area contributed by atoms with Crippen LogP contribution in [0.1, 0.15) is 24.8 Å². The van der Waals surface area contributed by atoms with Gasteiger partial charge in [-0.05, 0) is 50.6 Å². The number of hydrogen-bond donors (Lipinski definition) is 2. The van der Waals surface area contributed by atoms with Crippen molar-refractivity contribution >= 4 is 5.84 Å². The van der Waals surface area contributed by atoms with E-state index in [1.807, 2.05) is 12.1 Å². The molecule has 1 aromatic rings. The maximum atomic E-state index is 7.34. The molecular formula is C16H25N3O2. The van der Waals surface area contributed by atoms with E-state index in [1.165, 1.54) is 12.8 Å². The Balaban J connectivity index is 1.67. The fourth-order valence-corrected chi connectivity index (χ4v) is 2.44. The van der Waals surface area contributed by atoms with Gasteiger partial charge in [-0.3, -0.25) is 5.41 Å². The van der Waals surface area contributed by atoms with Crippen molar-refractivity contribution in [3.8, 4) is 5.75 Å². The molecule has 1 aliphatic heterocycles. The molecule has 5 heteroatoms. The number of ether oxygens (including phenoxy) is 2. The van der Waals surface area contributed by atoms with Gasteiger partial charge in [0, 0.05) is 25.3 Å². The van der Waals surface area contributed by atoms with Crippen LogP contribution in [0.15, 0.2) is 24.3 Å². The number of rotatable bonds is 7. The van der Waals surface area contributed by atoms with Crippen molar-refractivity contribution in [3.05, 3.63) is 29.8 Å². The number of nitrogens with zero attached hydrogens (tertiary/aromatic N) is 1. The first-order chi connectivity index (χ1) is 10.1. The summed E-state index contributed by atoms with van der Waals surface area (Å²) in [5, 5.41) is 7.34. The Kier molecular flexibility index (Phi) is 6.02. The fourth-order valence-electron chi connectivity index (χ4n) is 2.44. The summed E-state index contributed by atoms with van der Waals surface area (Å²) in [5.74, 6) is 0.885. The molecule has 2 rings (SSSR count). The lowest BCUT2D eigenvalue weighted by Crippen LogP contribution is -2.35. The van der Waals surface area contributed by atoms with Gasteiger partial charge in [-0.25, -0.2) is 0 Å². The van der Waals surface area contributed by atoms with Crippen molar-refractivity contribution in [2.45, 2.75) is 25.4 Å². The highest BCUT2D eigenvalue weighted by Crippen LogP contribution is 2.14. The van der Waals surface area contributed by atoms with Gasteiger partial charge in [-0.2, -0.15) is 0 Å². The minimum atomic E-state index is 0.0776. The standard InChI is InChI=1S/C16H25N3O2/c1-19(12-15-4-2-3-10-20-15)9-11-21-14-7-5-13(6-8-14)16(17)18/h5-8,15H,2-4,9-12H2,1H3,(H3,17,18). The number of amidine groups is 1. The molecule has 1 aromatic carbocycles. The average molecular weight is 291 g/mol. The van der Waals surface area contributed by atoms with Gasteiger partial charge >= 0.3 is 0 Å². The zero-order valence-electron chi connectivity index (χ0n) is 12.7. The molecule has 0 spiro atoms. The topological polar surface area (TPSA) is 71.6 Å². The molecule has 116 valence electrons. The van der Waals surface area contributed by atoms with Crippen molar-refractivity contribution in [3.63, 3.8) is 0 Å². The third-order valence-electron chi connectivity index (χ3n) is 3.70. The number of benzene rings is 1. The molecule has 1 fully saturated rings. The number of nitrogen functional groups attached to an aromatic ring is 1. The van der Waals surface area contributed by atoms with Gasteiger partial charge in [-0.15, -0.1) is 0 Å². The Hall–Kier alpha value is -1.59. The van der Waals surface area contributed by atoms with Crippen LogP contribution in [0.25, 0.3) is 0 Å². The molecule has 0 saturated carbocycles. The molecule has 0 aromatic heterocycles. The smallest absolute Gasteiger partial charge is 0.122 e. The van der Waals surface area contributed by atoms with E-state index in [0.717, 1.165) is 31.9 Å². The Labute approximate surface area is 126 Å². The van der Waals surface area contributed by atoms with Crippen molar-refractivity contribution in [2.75, 3.05) is 33.4 Å². The van der Waals surface area contributed by atoms with Crippen molar-refractivity contribution in [2.24, 2.45) is 5.73 Å². The molecule has 1 saturated heterocycles. The molecular weight excluding hydrogens is 266 g/mol. The molecule has 21 heavy (non-hydrogen) atoms. The van der Waals surface area contributed by atoms with Crippen LogP contribution in [0.2, 0.25) is 0 Å². The van der Waals surface area contributed by atoms with Gasteiger partial charge in [0.25, 0.3) is 0 Å². The second kappa shape index (κ2) is 8.00. The van der Waals surface area contributed by atoms with E-state index < -0.39 is 0 Å². The lowest BCUT2D eigenvalue weighted by atomic mass is 10.1. The van der Waals surface area contributed by atoms with Crippen LogP contribution in [-0.2, 0) is 4.74 Å². The molecule has 5 nitrogen and oxygen atoms in total. The summed E-state index contributed by atoms with van der Waals surface area (Å²) in [4.78, 5) is 2.25. The van der Waals surface area contributed by atoms with Crippen LogP contribution in [0.3, 0.4) is 0 Å². The summed E-state index contributed by atoms with van der Waals surface area (Å²) in [5.41, 5.74) is 6.13. The van der Waals surface area contributed by atoms with Crippen LogP contribution in [0.5, 0.6) is 5.75 Å². The second-order valence-electron chi connectivity index (χ2n) is 5.54. The molecule has 1 aliphatic rings. The Morgan fingerprint density at radius 2 is 2.14 bits per heavy atom. The molecule has 0 aliphatic carbocycles. The molecule has 1 heterocycles. The largest absolute Gasteiger partial charge is 0.492 e. The maximum Gasteiger partial charge on any atom is 0.122 e. The van der Waals surface area contributed by atoms with Crippen molar-refractivity contribution < 1.29 is 9.47 Å². The van der Waals surface area contributed by atoms with Crippen molar-refractivity contribution in [1.29, 1.82) is 5.41 Å². The predicted octanol–water partition coefficient (Wildman–Crippen LogP) is 1.85. The maximum absolute atomic E-state index is 7.34. The van der Waals surface area contributed by atoms with Gasteiger partial charge in [0.15, 0.2) is 0 Å². The van der Waals surface area contributed by atoms with Crippen LogP contribution < -0.4 is 10.5 Å². The predicted molar refractivity (Wildman–Crippen MR) is 84.0 cm³/mol. The highest BCUT2D eigenvalue weighted by atomic mass is 16.5. The summed E-state index contributed by atoms with van der Waals surface area (Å²) in [6.45, 7) is 3.38. The summed E-state index contributed by atoms with van der Waals surface area (Å²) in [6, 6.07) is 7.30. The summed E-state index contributed by atoms with van der Waals surface area (Å²) in [6.07, 6.45) is 4.01. The van der Waals surface area contributed by atoms with E-state index >= 15 is 0 Å². The van der Waals surface area contributed by atoms with Crippen molar-refractivity contribution in [1.82, 2.24) is 4.90 Å². The third-order valence-corrected chi connectivity index (χ3v) is 3.70. The monoisotopic (exact) mass is 291 g/mol. The first kappa shape index (κ1) is 15.8. The quantitative estimate of drug-likeness (QED) is 0.594. The minimum Gasteiger partial charge on any atom is -0.492 e. The number of nitrogens with one attached hydrogen (secondary N) is 1. The minimum absolute atomic E-state index is 0.0776. The Morgan fingerprint density at radius 3 is 2.76 bits per heavy atom. The number of hydrogen-bond acceptors (Lipinski definition) is 4. The van der Waals surface area contributed by atoms with Gasteiger partial charge in [0.1, 0.15) is 18.2 Å². The SMILES string of the molecule is CN(CCOc1ccc(C(=N)N)cc1)CC1CCCCO1. The molecule has 1 unspecified atom stereocenters. The molecule has 3 N–H and O–H groups in total. The Bertz CT molecular complexity index is 441. The zero-order valence-corrected chi connectivity index (χ0v) is 12.7. The molecule has 0 radical (unpaired) electrons. The molecule has 0 amide bonds.